The second kappa shape index (κ2) is 5.13. The van der Waals surface area contributed by atoms with Crippen molar-refractivity contribution in [2.45, 2.75) is 26.2 Å². The molecule has 0 aromatic carbocycles. The maximum absolute atomic E-state index is 12.2. The molecule has 1 N–H and O–H groups in total. The highest BCUT2D eigenvalue weighted by Crippen LogP contribution is 2.31. The van der Waals surface area contributed by atoms with Gasteiger partial charge in [-0.15, -0.1) is 0 Å². The molecule has 1 fully saturated rings. The normalized spacial score (nSPS) is 24.9. The molecule has 1 amide bonds. The predicted octanol–water partition coefficient (Wildman–Crippen LogP) is 0.748. The lowest BCUT2D eigenvalue weighted by Crippen LogP contribution is -2.43. The molecule has 1 atom stereocenters. The molecule has 0 saturated carbocycles. The van der Waals surface area contributed by atoms with Crippen LogP contribution in [-0.2, 0) is 4.79 Å². The summed E-state index contributed by atoms with van der Waals surface area (Å²) in [6, 6.07) is 2.07. The minimum Gasteiger partial charge on any atom is -0.344 e. The van der Waals surface area contributed by atoms with Crippen LogP contribution in [0, 0.1) is 16.7 Å². The van der Waals surface area contributed by atoms with E-state index in [1.54, 1.807) is 11.9 Å². The highest BCUT2D eigenvalue weighted by molar-refractivity contribution is 5.83. The van der Waals surface area contributed by atoms with Crippen molar-refractivity contribution in [3.63, 3.8) is 0 Å². The second-order valence-corrected chi connectivity index (χ2v) is 4.20. The van der Waals surface area contributed by atoms with Crippen LogP contribution >= 0.6 is 0 Å². The minimum absolute atomic E-state index is 0.185. The third kappa shape index (κ3) is 2.48. The number of nitriles is 1. The fourth-order valence-corrected chi connectivity index (χ4v) is 2.10. The van der Waals surface area contributed by atoms with E-state index in [2.05, 4.69) is 18.3 Å². The van der Waals surface area contributed by atoms with Crippen molar-refractivity contribution >= 4 is 5.91 Å². The van der Waals surface area contributed by atoms with Crippen LogP contribution in [-0.4, -0.2) is 37.5 Å². The molecular formula is C11H19N3O. The van der Waals surface area contributed by atoms with Crippen LogP contribution in [0.4, 0.5) is 0 Å². The van der Waals surface area contributed by atoms with Crippen LogP contribution < -0.4 is 5.32 Å². The van der Waals surface area contributed by atoms with Crippen molar-refractivity contribution < 1.29 is 4.79 Å². The zero-order chi connectivity index (χ0) is 11.3. The second-order valence-electron chi connectivity index (χ2n) is 4.20. The molecule has 4 nitrogen and oxygen atoms in total. The first-order valence-electron chi connectivity index (χ1n) is 5.49. The summed E-state index contributed by atoms with van der Waals surface area (Å²) in [4.78, 5) is 13.9. The largest absolute Gasteiger partial charge is 0.344 e. The van der Waals surface area contributed by atoms with Crippen molar-refractivity contribution in [3.8, 4) is 6.07 Å². The van der Waals surface area contributed by atoms with Crippen LogP contribution in [0.5, 0.6) is 0 Å². The van der Waals surface area contributed by atoms with Gasteiger partial charge < -0.3 is 10.2 Å². The van der Waals surface area contributed by atoms with Gasteiger partial charge in [0.1, 0.15) is 0 Å². The quantitative estimate of drug-likeness (QED) is 0.743. The van der Waals surface area contributed by atoms with Crippen LogP contribution in [0.2, 0.25) is 0 Å². The number of amides is 1. The van der Waals surface area contributed by atoms with E-state index in [1.165, 1.54) is 0 Å². The molecule has 1 rings (SSSR count). The zero-order valence-corrected chi connectivity index (χ0v) is 9.55. The van der Waals surface area contributed by atoms with Crippen molar-refractivity contribution in [2.24, 2.45) is 5.41 Å². The van der Waals surface area contributed by atoms with E-state index in [9.17, 15) is 4.79 Å². The summed E-state index contributed by atoms with van der Waals surface area (Å²) in [7, 11) is 1.79. The average molecular weight is 209 g/mol. The van der Waals surface area contributed by atoms with E-state index in [4.69, 9.17) is 5.26 Å². The number of rotatable bonds is 4. The number of nitrogens with one attached hydrogen (secondary N) is 1. The molecule has 1 aliphatic heterocycles. The first-order chi connectivity index (χ1) is 7.16. The number of carbonyl (C=O) groups excluding carboxylic acids is 1. The summed E-state index contributed by atoms with van der Waals surface area (Å²) >= 11 is 0. The number of hydrogen-bond acceptors (Lipinski definition) is 3. The maximum Gasteiger partial charge on any atom is 0.229 e. The summed E-state index contributed by atoms with van der Waals surface area (Å²) in [6.45, 7) is 4.30. The van der Waals surface area contributed by atoms with Gasteiger partial charge in [0.2, 0.25) is 5.91 Å². The van der Waals surface area contributed by atoms with Gasteiger partial charge in [-0.2, -0.15) is 5.26 Å². The standard InChI is InChI=1S/C11H19N3O/c1-3-11(5-7-13-9-11)10(15)14(2)8-4-6-12/h13H,3-5,7-9H2,1-2H3. The smallest absolute Gasteiger partial charge is 0.229 e. The topological polar surface area (TPSA) is 56.1 Å². The Kier molecular flexibility index (Phi) is 4.10. The highest BCUT2D eigenvalue weighted by Gasteiger charge is 2.40. The summed E-state index contributed by atoms with van der Waals surface area (Å²) in [6.07, 6.45) is 2.20. The maximum atomic E-state index is 12.2. The summed E-state index contributed by atoms with van der Waals surface area (Å²) in [5.74, 6) is 0.185. The van der Waals surface area contributed by atoms with Crippen molar-refractivity contribution in [3.05, 3.63) is 0 Å². The molecule has 0 bridgehead atoms. The molecular weight excluding hydrogens is 190 g/mol. The molecule has 0 aromatic heterocycles. The Labute approximate surface area is 91.2 Å². The van der Waals surface area contributed by atoms with E-state index in [0.717, 1.165) is 25.9 Å². The fraction of sp³-hybridized carbons (Fsp3) is 0.818. The van der Waals surface area contributed by atoms with Gasteiger partial charge in [-0.05, 0) is 19.4 Å². The van der Waals surface area contributed by atoms with Gasteiger partial charge in [-0.3, -0.25) is 4.79 Å². The van der Waals surface area contributed by atoms with Gasteiger partial charge in [0.15, 0.2) is 0 Å². The van der Waals surface area contributed by atoms with Gasteiger partial charge >= 0.3 is 0 Å². The molecule has 0 aliphatic carbocycles. The number of carbonyl (C=O) groups is 1. The van der Waals surface area contributed by atoms with Crippen molar-refractivity contribution in [2.75, 3.05) is 26.7 Å². The molecule has 15 heavy (non-hydrogen) atoms. The number of hydrogen-bond donors (Lipinski definition) is 1. The Morgan fingerprint density at radius 2 is 2.40 bits per heavy atom. The summed E-state index contributed by atoms with van der Waals surface area (Å²) in [5, 5.41) is 11.7. The molecule has 0 aromatic rings. The molecule has 1 saturated heterocycles. The predicted molar refractivity (Wildman–Crippen MR) is 58.1 cm³/mol. The molecule has 1 aliphatic rings. The monoisotopic (exact) mass is 209 g/mol. The van der Waals surface area contributed by atoms with Gasteiger partial charge in [-0.25, -0.2) is 0 Å². The summed E-state index contributed by atoms with van der Waals surface area (Å²) < 4.78 is 0. The highest BCUT2D eigenvalue weighted by atomic mass is 16.2. The van der Waals surface area contributed by atoms with E-state index in [-0.39, 0.29) is 11.3 Å². The molecule has 4 heteroatoms. The first kappa shape index (κ1) is 12.0. The SMILES string of the molecule is CCC1(C(=O)N(C)CCC#N)CCNC1. The molecule has 84 valence electrons. The third-order valence-corrected chi connectivity index (χ3v) is 3.28. The van der Waals surface area contributed by atoms with Crippen molar-refractivity contribution in [1.82, 2.24) is 10.2 Å². The third-order valence-electron chi connectivity index (χ3n) is 3.28. The fourth-order valence-electron chi connectivity index (χ4n) is 2.10. The molecule has 1 heterocycles. The van der Waals surface area contributed by atoms with Crippen LogP contribution in [0.3, 0.4) is 0 Å². The molecule has 0 spiro atoms. The average Bonchev–Trinajstić information content (AvgIpc) is 2.74. The number of nitrogens with zero attached hydrogens (tertiary/aromatic N) is 2. The Bertz CT molecular complexity index is 263. The Balaban J connectivity index is 2.61. The molecule has 0 radical (unpaired) electrons. The minimum atomic E-state index is -0.218. The van der Waals surface area contributed by atoms with E-state index in [0.29, 0.717) is 13.0 Å². The van der Waals surface area contributed by atoms with Crippen LogP contribution in [0.15, 0.2) is 0 Å². The van der Waals surface area contributed by atoms with E-state index >= 15 is 0 Å². The first-order valence-corrected chi connectivity index (χ1v) is 5.49. The lowest BCUT2D eigenvalue weighted by molar-refractivity contribution is -0.139. The lowest BCUT2D eigenvalue weighted by Gasteiger charge is -2.30. The van der Waals surface area contributed by atoms with Gasteiger partial charge in [0.25, 0.3) is 0 Å². The Morgan fingerprint density at radius 3 is 2.87 bits per heavy atom. The van der Waals surface area contributed by atoms with E-state index < -0.39 is 0 Å². The Morgan fingerprint density at radius 1 is 1.67 bits per heavy atom. The van der Waals surface area contributed by atoms with Crippen LogP contribution in [0.1, 0.15) is 26.2 Å². The van der Waals surface area contributed by atoms with Crippen molar-refractivity contribution in [1.29, 1.82) is 5.26 Å². The lowest BCUT2D eigenvalue weighted by atomic mass is 9.83. The van der Waals surface area contributed by atoms with Gasteiger partial charge in [0.05, 0.1) is 17.9 Å². The zero-order valence-electron chi connectivity index (χ0n) is 9.55. The van der Waals surface area contributed by atoms with E-state index in [1.807, 2.05) is 0 Å². The molecule has 1 unspecified atom stereocenters. The van der Waals surface area contributed by atoms with Gasteiger partial charge in [-0.1, -0.05) is 6.92 Å². The summed E-state index contributed by atoms with van der Waals surface area (Å²) in [5.41, 5.74) is -0.218. The van der Waals surface area contributed by atoms with Gasteiger partial charge in [0, 0.05) is 20.1 Å². The Hall–Kier alpha value is -1.08. The van der Waals surface area contributed by atoms with Crippen LogP contribution in [0.25, 0.3) is 0 Å².